The number of para-hydroxylation sites is 4. The topological polar surface area (TPSA) is 129 Å². The Morgan fingerprint density at radius 3 is 1.58 bits per heavy atom. The average molecular weight is 531 g/mol. The van der Waals surface area contributed by atoms with E-state index in [9.17, 15) is 9.59 Å². The van der Waals surface area contributed by atoms with Crippen molar-refractivity contribution in [3.05, 3.63) is 48.5 Å². The van der Waals surface area contributed by atoms with Crippen molar-refractivity contribution in [1.29, 1.82) is 0 Å². The summed E-state index contributed by atoms with van der Waals surface area (Å²) >= 11 is 0. The standard InChI is InChI=1S/C24H26N4O6S2/c1-31-21(29)17(27-23-25-15-7-3-5-9-19(15)33-23)11-13-35-36-14-12-18(22(30)32-2)28-24-26-16-8-4-6-10-20(16)34-24/h3-10,17-18H,11-14H2,1-2H3,(H,25,27)(H,26,28)/t17-,18-/m0/s1. The first-order valence-corrected chi connectivity index (χ1v) is 13.7. The first-order valence-electron chi connectivity index (χ1n) is 11.2. The highest BCUT2D eigenvalue weighted by molar-refractivity contribution is 8.76. The molecule has 0 aliphatic rings. The van der Waals surface area contributed by atoms with E-state index in [1.807, 2.05) is 48.5 Å². The van der Waals surface area contributed by atoms with Gasteiger partial charge >= 0.3 is 11.9 Å². The number of nitrogens with zero attached hydrogens (tertiary/aromatic N) is 2. The molecular weight excluding hydrogens is 504 g/mol. The predicted molar refractivity (Wildman–Crippen MR) is 141 cm³/mol. The van der Waals surface area contributed by atoms with Crippen LogP contribution < -0.4 is 10.6 Å². The molecule has 12 heteroatoms. The van der Waals surface area contributed by atoms with Crippen LogP contribution in [0.2, 0.25) is 0 Å². The van der Waals surface area contributed by atoms with Crippen LogP contribution in [0, 0.1) is 0 Å². The zero-order valence-electron chi connectivity index (χ0n) is 19.8. The van der Waals surface area contributed by atoms with Crippen molar-refractivity contribution in [1.82, 2.24) is 9.97 Å². The smallest absolute Gasteiger partial charge is 0.328 e. The molecule has 2 aromatic carbocycles. The van der Waals surface area contributed by atoms with Crippen LogP contribution in [0.4, 0.5) is 12.0 Å². The van der Waals surface area contributed by atoms with Crippen LogP contribution in [0.5, 0.6) is 0 Å². The van der Waals surface area contributed by atoms with Crippen LogP contribution in [0.3, 0.4) is 0 Å². The molecule has 0 aliphatic heterocycles. The van der Waals surface area contributed by atoms with Crippen LogP contribution in [0.1, 0.15) is 12.8 Å². The van der Waals surface area contributed by atoms with Gasteiger partial charge in [-0.05, 0) is 37.1 Å². The van der Waals surface area contributed by atoms with Crippen molar-refractivity contribution in [2.24, 2.45) is 0 Å². The number of hydrogen-bond acceptors (Lipinski definition) is 12. The SMILES string of the molecule is COC(=O)[C@H](CCSSCC[C@H](Nc1nc2ccccc2o1)C(=O)OC)Nc1nc2ccccc2o1. The number of ether oxygens (including phenoxy) is 2. The molecule has 2 aromatic heterocycles. The maximum atomic E-state index is 12.2. The molecule has 0 fully saturated rings. The van der Waals surface area contributed by atoms with E-state index in [1.165, 1.54) is 14.2 Å². The molecular formula is C24H26N4O6S2. The number of hydrogen-bond donors (Lipinski definition) is 2. The van der Waals surface area contributed by atoms with Gasteiger partial charge in [0.15, 0.2) is 11.2 Å². The summed E-state index contributed by atoms with van der Waals surface area (Å²) in [6, 6.07) is 14.1. The minimum absolute atomic E-state index is 0.274. The van der Waals surface area contributed by atoms with Gasteiger partial charge in [0.05, 0.1) is 14.2 Å². The number of aromatic nitrogens is 2. The van der Waals surface area contributed by atoms with Crippen molar-refractivity contribution in [2.75, 3.05) is 36.4 Å². The van der Waals surface area contributed by atoms with Gasteiger partial charge in [-0.15, -0.1) is 0 Å². The Bertz CT molecular complexity index is 1140. The number of anilines is 2. The Balaban J connectivity index is 1.24. The summed E-state index contributed by atoms with van der Waals surface area (Å²) < 4.78 is 21.2. The van der Waals surface area contributed by atoms with E-state index in [0.717, 1.165) is 0 Å². The molecule has 0 saturated heterocycles. The van der Waals surface area contributed by atoms with Crippen molar-refractivity contribution in [3.63, 3.8) is 0 Å². The average Bonchev–Trinajstić information content (AvgIpc) is 3.51. The molecule has 4 aromatic rings. The molecule has 190 valence electrons. The van der Waals surface area contributed by atoms with Crippen molar-refractivity contribution < 1.29 is 27.9 Å². The number of benzene rings is 2. The number of methoxy groups -OCH3 is 2. The first kappa shape index (κ1) is 25.7. The highest BCUT2D eigenvalue weighted by Gasteiger charge is 2.23. The molecule has 2 N–H and O–H groups in total. The minimum atomic E-state index is -0.597. The number of rotatable bonds is 13. The highest BCUT2D eigenvalue weighted by Crippen LogP contribution is 2.26. The fraction of sp³-hybridized carbons (Fsp3) is 0.333. The molecule has 0 spiro atoms. The van der Waals surface area contributed by atoms with E-state index in [-0.39, 0.29) is 12.0 Å². The summed E-state index contributed by atoms with van der Waals surface area (Å²) in [5, 5.41) is 6.05. The Labute approximate surface area is 215 Å². The zero-order chi connectivity index (χ0) is 25.3. The molecule has 2 heterocycles. The van der Waals surface area contributed by atoms with E-state index in [4.69, 9.17) is 18.3 Å². The summed E-state index contributed by atoms with van der Waals surface area (Å²) in [7, 11) is 5.89. The predicted octanol–water partition coefficient (Wildman–Crippen LogP) is 4.74. The molecule has 0 saturated carbocycles. The van der Waals surface area contributed by atoms with Gasteiger partial charge in [0, 0.05) is 11.5 Å². The Hall–Kier alpha value is -3.38. The number of nitrogens with one attached hydrogen (secondary N) is 2. The fourth-order valence-electron chi connectivity index (χ4n) is 3.40. The van der Waals surface area contributed by atoms with E-state index in [2.05, 4.69) is 20.6 Å². The second kappa shape index (κ2) is 12.5. The summed E-state index contributed by atoms with van der Waals surface area (Å²) in [5.41, 5.74) is 2.70. The number of esters is 2. The molecule has 4 rings (SSSR count). The van der Waals surface area contributed by atoms with E-state index in [1.54, 1.807) is 21.6 Å². The van der Waals surface area contributed by atoms with Crippen LogP contribution in [-0.4, -0.2) is 59.7 Å². The normalized spacial score (nSPS) is 12.8. The van der Waals surface area contributed by atoms with Crippen molar-refractivity contribution in [3.8, 4) is 0 Å². The summed E-state index contributed by atoms with van der Waals surface area (Å²) in [5.74, 6) is 0.547. The van der Waals surface area contributed by atoms with Crippen LogP contribution in [0.15, 0.2) is 57.4 Å². The number of oxazole rings is 2. The lowest BCUT2D eigenvalue weighted by Crippen LogP contribution is -2.31. The lowest BCUT2D eigenvalue weighted by Gasteiger charge is -2.16. The lowest BCUT2D eigenvalue weighted by atomic mass is 10.2. The van der Waals surface area contributed by atoms with Gasteiger partial charge in [-0.3, -0.25) is 0 Å². The Kier molecular flexibility index (Phi) is 8.95. The Morgan fingerprint density at radius 1 is 0.778 bits per heavy atom. The molecule has 0 radical (unpaired) electrons. The number of carbonyl (C=O) groups is 2. The number of fused-ring (bicyclic) bond motifs is 2. The van der Waals surface area contributed by atoms with Crippen molar-refractivity contribution in [2.45, 2.75) is 24.9 Å². The quantitative estimate of drug-likeness (QED) is 0.141. The zero-order valence-corrected chi connectivity index (χ0v) is 21.4. The minimum Gasteiger partial charge on any atom is -0.467 e. The third-order valence-electron chi connectivity index (χ3n) is 5.22. The Morgan fingerprint density at radius 2 is 1.19 bits per heavy atom. The third kappa shape index (κ3) is 6.64. The van der Waals surface area contributed by atoms with Gasteiger partial charge in [0.2, 0.25) is 0 Å². The maximum absolute atomic E-state index is 12.2. The molecule has 0 aliphatic carbocycles. The monoisotopic (exact) mass is 530 g/mol. The van der Waals surface area contributed by atoms with E-state index in [0.29, 0.717) is 46.5 Å². The lowest BCUT2D eigenvalue weighted by molar-refractivity contribution is -0.142. The maximum Gasteiger partial charge on any atom is 0.328 e. The molecule has 36 heavy (non-hydrogen) atoms. The van der Waals surface area contributed by atoms with E-state index >= 15 is 0 Å². The van der Waals surface area contributed by atoms with Gasteiger partial charge in [-0.25, -0.2) is 9.59 Å². The number of carbonyl (C=O) groups excluding carboxylic acids is 2. The second-order valence-corrected chi connectivity index (χ2v) is 10.3. The van der Waals surface area contributed by atoms with Crippen LogP contribution in [-0.2, 0) is 19.1 Å². The summed E-state index contributed by atoms with van der Waals surface area (Å²) in [6.07, 6.45) is 1.01. The fourth-order valence-corrected chi connectivity index (χ4v) is 5.58. The molecule has 0 unspecified atom stereocenters. The van der Waals surface area contributed by atoms with Crippen molar-refractivity contribution >= 4 is 67.8 Å². The molecule has 0 amide bonds. The largest absolute Gasteiger partial charge is 0.467 e. The van der Waals surface area contributed by atoms with Gasteiger partial charge in [-0.2, -0.15) is 9.97 Å². The van der Waals surface area contributed by atoms with E-state index < -0.39 is 24.0 Å². The third-order valence-corrected chi connectivity index (χ3v) is 7.69. The first-order chi connectivity index (χ1) is 17.6. The molecule has 10 nitrogen and oxygen atoms in total. The molecule has 2 atom stereocenters. The summed E-state index contributed by atoms with van der Waals surface area (Å²) in [6.45, 7) is 0. The van der Waals surface area contributed by atoms with Gasteiger partial charge in [0.25, 0.3) is 12.0 Å². The van der Waals surface area contributed by atoms with Crippen LogP contribution in [0.25, 0.3) is 22.2 Å². The van der Waals surface area contributed by atoms with Gasteiger partial charge in [0.1, 0.15) is 23.1 Å². The summed E-state index contributed by atoms with van der Waals surface area (Å²) in [4.78, 5) is 33.2. The van der Waals surface area contributed by atoms with Crippen LogP contribution >= 0.6 is 21.6 Å². The highest BCUT2D eigenvalue weighted by atomic mass is 33.1. The van der Waals surface area contributed by atoms with Gasteiger partial charge < -0.3 is 28.9 Å². The molecule has 0 bridgehead atoms. The van der Waals surface area contributed by atoms with Gasteiger partial charge in [-0.1, -0.05) is 45.9 Å². The second-order valence-electron chi connectivity index (χ2n) is 7.63.